The monoisotopic (exact) mass is 219 g/mol. The molecule has 0 saturated heterocycles. The Morgan fingerprint density at radius 1 is 1.12 bits per heavy atom. The minimum absolute atomic E-state index is 0.0121. The van der Waals surface area contributed by atoms with Crippen molar-refractivity contribution in [1.82, 2.24) is 9.13 Å². The van der Waals surface area contributed by atoms with E-state index in [2.05, 4.69) is 0 Å². The van der Waals surface area contributed by atoms with Crippen LogP contribution in [0.25, 0.3) is 11.0 Å². The normalized spacial score (nSPS) is 12.3. The van der Waals surface area contributed by atoms with Gasteiger partial charge in [-0.2, -0.15) is 0 Å². The number of hydrogen-bond acceptors (Lipinski definition) is 2. The molecule has 0 atom stereocenters. The molecule has 0 spiro atoms. The molecule has 1 heterocycles. The number of aryl methyl sites for hydroxylation is 2. The zero-order chi connectivity index (χ0) is 12.1. The van der Waals surface area contributed by atoms with Crippen LogP contribution >= 0.6 is 0 Å². The Labute approximate surface area is 94.3 Å². The third-order valence-corrected chi connectivity index (χ3v) is 3.02. The van der Waals surface area contributed by atoms with Crippen LogP contribution in [0.4, 0.5) is 0 Å². The van der Waals surface area contributed by atoms with E-state index < -0.39 is 0 Å². The summed E-state index contributed by atoms with van der Waals surface area (Å²) in [5.41, 5.74) is 8.53. The van der Waals surface area contributed by atoms with Crippen LogP contribution in [0.15, 0.2) is 23.0 Å². The predicted molar refractivity (Wildman–Crippen MR) is 65.4 cm³/mol. The fraction of sp³-hybridized carbons (Fsp3) is 0.417. The first-order valence-electron chi connectivity index (χ1n) is 5.27. The molecule has 4 nitrogen and oxygen atoms in total. The van der Waals surface area contributed by atoms with E-state index in [9.17, 15) is 4.79 Å². The minimum atomic E-state index is -0.389. The summed E-state index contributed by atoms with van der Waals surface area (Å²) in [5, 5.41) is 0. The standard InChI is InChI=1S/C12H17N3O/c1-12(2,13)8-5-6-9-10(7-8)15(4)11(16)14(9)3/h5-7H,13H2,1-4H3. The third-order valence-electron chi connectivity index (χ3n) is 3.02. The van der Waals surface area contributed by atoms with Crippen molar-refractivity contribution in [3.63, 3.8) is 0 Å². The summed E-state index contributed by atoms with van der Waals surface area (Å²) in [6.07, 6.45) is 0. The summed E-state index contributed by atoms with van der Waals surface area (Å²) in [7, 11) is 3.55. The van der Waals surface area contributed by atoms with Crippen molar-refractivity contribution >= 4 is 11.0 Å². The number of rotatable bonds is 1. The SMILES string of the molecule is Cn1c(=O)n(C)c2cc(C(C)(C)N)ccc21. The Morgan fingerprint density at radius 3 is 2.25 bits per heavy atom. The van der Waals surface area contributed by atoms with E-state index in [0.717, 1.165) is 16.6 Å². The average molecular weight is 219 g/mol. The van der Waals surface area contributed by atoms with Gasteiger partial charge in [-0.3, -0.25) is 9.13 Å². The summed E-state index contributed by atoms with van der Waals surface area (Å²) in [5.74, 6) is 0. The predicted octanol–water partition coefficient (Wildman–Crippen LogP) is 1.07. The summed E-state index contributed by atoms with van der Waals surface area (Å²) < 4.78 is 3.28. The van der Waals surface area contributed by atoms with Gasteiger partial charge < -0.3 is 5.73 Å². The second-order valence-corrected chi connectivity index (χ2v) is 4.83. The zero-order valence-corrected chi connectivity index (χ0v) is 10.1. The average Bonchev–Trinajstić information content (AvgIpc) is 2.43. The van der Waals surface area contributed by atoms with Crippen molar-refractivity contribution in [3.8, 4) is 0 Å². The molecule has 0 aliphatic rings. The molecule has 0 radical (unpaired) electrons. The van der Waals surface area contributed by atoms with Crippen molar-refractivity contribution in [3.05, 3.63) is 34.2 Å². The summed E-state index contributed by atoms with van der Waals surface area (Å²) >= 11 is 0. The van der Waals surface area contributed by atoms with Crippen molar-refractivity contribution in [2.24, 2.45) is 19.8 Å². The van der Waals surface area contributed by atoms with Gasteiger partial charge in [0.25, 0.3) is 0 Å². The molecule has 0 bridgehead atoms. The Kier molecular flexibility index (Phi) is 2.20. The fourth-order valence-corrected chi connectivity index (χ4v) is 1.91. The molecule has 2 aromatic rings. The van der Waals surface area contributed by atoms with Gasteiger partial charge in [-0.05, 0) is 31.5 Å². The third kappa shape index (κ3) is 1.46. The van der Waals surface area contributed by atoms with E-state index in [1.54, 1.807) is 23.2 Å². The second-order valence-electron chi connectivity index (χ2n) is 4.83. The fourth-order valence-electron chi connectivity index (χ4n) is 1.91. The largest absolute Gasteiger partial charge is 0.328 e. The molecule has 2 rings (SSSR count). The topological polar surface area (TPSA) is 53.0 Å². The van der Waals surface area contributed by atoms with E-state index in [4.69, 9.17) is 5.73 Å². The lowest BCUT2D eigenvalue weighted by molar-refractivity contribution is 0.555. The molecule has 0 amide bonds. The van der Waals surface area contributed by atoms with Crippen LogP contribution in [0.3, 0.4) is 0 Å². The smallest absolute Gasteiger partial charge is 0.322 e. The van der Waals surface area contributed by atoms with Crippen molar-refractivity contribution in [1.29, 1.82) is 0 Å². The van der Waals surface area contributed by atoms with Crippen molar-refractivity contribution in [2.75, 3.05) is 0 Å². The van der Waals surface area contributed by atoms with Crippen LogP contribution in [0.2, 0.25) is 0 Å². The van der Waals surface area contributed by atoms with Gasteiger partial charge in [0, 0.05) is 19.6 Å². The Morgan fingerprint density at radius 2 is 1.69 bits per heavy atom. The van der Waals surface area contributed by atoms with E-state index in [0.29, 0.717) is 0 Å². The molecule has 0 unspecified atom stereocenters. The highest BCUT2D eigenvalue weighted by atomic mass is 16.1. The van der Waals surface area contributed by atoms with E-state index in [-0.39, 0.29) is 11.2 Å². The van der Waals surface area contributed by atoms with Gasteiger partial charge in [0.05, 0.1) is 11.0 Å². The maximum Gasteiger partial charge on any atom is 0.328 e. The number of imidazole rings is 1. The van der Waals surface area contributed by atoms with Gasteiger partial charge in [-0.25, -0.2) is 4.79 Å². The lowest BCUT2D eigenvalue weighted by atomic mass is 9.95. The number of benzene rings is 1. The zero-order valence-electron chi connectivity index (χ0n) is 10.1. The number of nitrogens with two attached hydrogens (primary N) is 1. The van der Waals surface area contributed by atoms with Gasteiger partial charge in [-0.15, -0.1) is 0 Å². The highest BCUT2D eigenvalue weighted by Gasteiger charge is 2.16. The maximum atomic E-state index is 11.7. The quantitative estimate of drug-likeness (QED) is 0.780. The molecular formula is C12H17N3O. The van der Waals surface area contributed by atoms with Crippen LogP contribution < -0.4 is 11.4 Å². The first-order chi connectivity index (χ1) is 7.32. The molecule has 0 fully saturated rings. The number of fused-ring (bicyclic) bond motifs is 1. The van der Waals surface area contributed by atoms with Crippen LogP contribution in [0, 0.1) is 0 Å². The number of hydrogen-bond donors (Lipinski definition) is 1. The molecule has 2 N–H and O–H groups in total. The molecule has 86 valence electrons. The second kappa shape index (κ2) is 3.22. The van der Waals surface area contributed by atoms with Crippen molar-refractivity contribution < 1.29 is 0 Å². The molecular weight excluding hydrogens is 202 g/mol. The molecule has 16 heavy (non-hydrogen) atoms. The maximum absolute atomic E-state index is 11.7. The summed E-state index contributed by atoms with van der Waals surface area (Å²) in [6, 6.07) is 5.90. The van der Waals surface area contributed by atoms with Crippen LogP contribution in [-0.4, -0.2) is 9.13 Å². The molecule has 0 aliphatic heterocycles. The lowest BCUT2D eigenvalue weighted by Gasteiger charge is -2.19. The van der Waals surface area contributed by atoms with E-state index in [1.807, 2.05) is 32.0 Å². The molecule has 0 aliphatic carbocycles. The van der Waals surface area contributed by atoms with Gasteiger partial charge in [0.1, 0.15) is 0 Å². The molecule has 4 heteroatoms. The van der Waals surface area contributed by atoms with E-state index >= 15 is 0 Å². The number of nitrogens with zero attached hydrogens (tertiary/aromatic N) is 2. The highest BCUT2D eigenvalue weighted by molar-refractivity contribution is 5.77. The van der Waals surface area contributed by atoms with Crippen LogP contribution in [0.5, 0.6) is 0 Å². The van der Waals surface area contributed by atoms with E-state index in [1.165, 1.54) is 0 Å². The van der Waals surface area contributed by atoms with Gasteiger partial charge in [-0.1, -0.05) is 6.07 Å². The Hall–Kier alpha value is -1.55. The number of aromatic nitrogens is 2. The summed E-state index contributed by atoms with van der Waals surface area (Å²) in [4.78, 5) is 11.7. The Bertz CT molecular complexity index is 599. The van der Waals surface area contributed by atoms with Crippen LogP contribution in [0.1, 0.15) is 19.4 Å². The molecule has 1 aromatic heterocycles. The summed E-state index contributed by atoms with van der Waals surface area (Å²) in [6.45, 7) is 3.91. The first kappa shape index (κ1) is 11.0. The highest BCUT2D eigenvalue weighted by Crippen LogP contribution is 2.21. The minimum Gasteiger partial charge on any atom is -0.322 e. The van der Waals surface area contributed by atoms with Crippen LogP contribution in [-0.2, 0) is 19.6 Å². The Balaban J connectivity index is 2.82. The van der Waals surface area contributed by atoms with Gasteiger partial charge in [0.2, 0.25) is 0 Å². The molecule has 0 saturated carbocycles. The first-order valence-corrected chi connectivity index (χ1v) is 5.27. The molecule has 1 aromatic carbocycles. The van der Waals surface area contributed by atoms with Gasteiger partial charge in [0.15, 0.2) is 0 Å². The van der Waals surface area contributed by atoms with Gasteiger partial charge >= 0.3 is 5.69 Å². The lowest BCUT2D eigenvalue weighted by Crippen LogP contribution is -2.28. The van der Waals surface area contributed by atoms with Crippen molar-refractivity contribution in [2.45, 2.75) is 19.4 Å².